The van der Waals surface area contributed by atoms with Crippen LogP contribution in [0.4, 0.5) is 10.5 Å². The number of hydrogen-bond acceptors (Lipinski definition) is 5. The summed E-state index contributed by atoms with van der Waals surface area (Å²) in [5.41, 5.74) is 3.58. The normalized spacial score (nSPS) is 18.2. The van der Waals surface area contributed by atoms with Gasteiger partial charge in [0.25, 0.3) is 11.8 Å². The number of carbonyl (C=O) groups excluding carboxylic acids is 3. The number of ether oxygens (including phenoxy) is 1. The molecule has 196 valence electrons. The molecule has 39 heavy (non-hydrogen) atoms. The molecule has 3 aromatic carbocycles. The molecule has 2 aliphatic rings. The van der Waals surface area contributed by atoms with Crippen LogP contribution in [0.2, 0.25) is 0 Å². The predicted molar refractivity (Wildman–Crippen MR) is 142 cm³/mol. The standard InChI is InChI=1S/C29H24N4O6/c1-39-17-8-6-7-16(13-17)26-25-20(18-9-2-4-11-21(18)31-25)14-23-28(37)33(29(38)32(23)26)22-12-5-3-10-19(22)27(36)30-15-24(34)35/h2-13,23,26,31H,14-15H2,1H3,(H,30,36)(H,34,35). The molecule has 3 heterocycles. The number of imide groups is 1. The second-order valence-electron chi connectivity index (χ2n) is 9.42. The molecule has 6 rings (SSSR count). The molecule has 2 atom stereocenters. The average Bonchev–Trinajstić information content (AvgIpc) is 3.44. The van der Waals surface area contributed by atoms with Gasteiger partial charge in [0.1, 0.15) is 24.4 Å². The topological polar surface area (TPSA) is 132 Å². The number of carboxylic acids is 1. The van der Waals surface area contributed by atoms with Crippen LogP contribution in [0.25, 0.3) is 10.9 Å². The Morgan fingerprint density at radius 1 is 1.05 bits per heavy atom. The lowest BCUT2D eigenvalue weighted by Crippen LogP contribution is -2.44. The third-order valence-corrected chi connectivity index (χ3v) is 7.25. The SMILES string of the molecule is COc1cccc(C2c3[nH]c4ccccc4c3CC3C(=O)N(c4ccccc4C(=O)NCC(=O)O)C(=O)N32)c1. The van der Waals surface area contributed by atoms with Gasteiger partial charge in [0.2, 0.25) is 0 Å². The van der Waals surface area contributed by atoms with Crippen molar-refractivity contribution < 1.29 is 29.0 Å². The quantitative estimate of drug-likeness (QED) is 0.331. The summed E-state index contributed by atoms with van der Waals surface area (Å²) in [4.78, 5) is 58.0. The first-order valence-corrected chi connectivity index (χ1v) is 12.4. The number of benzene rings is 3. The minimum atomic E-state index is -1.21. The number of hydrogen-bond donors (Lipinski definition) is 3. The fourth-order valence-electron chi connectivity index (χ4n) is 5.57. The van der Waals surface area contributed by atoms with Crippen molar-refractivity contribution in [2.45, 2.75) is 18.5 Å². The first kappa shape index (κ1) is 24.2. The average molecular weight is 525 g/mol. The van der Waals surface area contributed by atoms with Crippen LogP contribution < -0.4 is 15.0 Å². The maximum atomic E-state index is 14.1. The van der Waals surface area contributed by atoms with Crippen LogP contribution >= 0.6 is 0 Å². The van der Waals surface area contributed by atoms with Crippen LogP contribution in [0, 0.1) is 0 Å². The van der Waals surface area contributed by atoms with E-state index in [4.69, 9.17) is 9.84 Å². The summed E-state index contributed by atoms with van der Waals surface area (Å²) in [6.07, 6.45) is 0.300. The maximum absolute atomic E-state index is 14.1. The molecule has 4 amide bonds. The lowest BCUT2D eigenvalue weighted by molar-refractivity contribution is -0.135. The molecule has 3 N–H and O–H groups in total. The van der Waals surface area contributed by atoms with Crippen LogP contribution in [0.15, 0.2) is 72.8 Å². The lowest BCUT2D eigenvalue weighted by atomic mass is 9.89. The molecule has 10 nitrogen and oxygen atoms in total. The number of H-pyrrole nitrogens is 1. The molecule has 1 aromatic heterocycles. The van der Waals surface area contributed by atoms with Gasteiger partial charge in [0.05, 0.1) is 18.4 Å². The van der Waals surface area contributed by atoms with Crippen molar-refractivity contribution in [1.82, 2.24) is 15.2 Å². The van der Waals surface area contributed by atoms with Gasteiger partial charge in [0.15, 0.2) is 0 Å². The minimum Gasteiger partial charge on any atom is -0.497 e. The predicted octanol–water partition coefficient (Wildman–Crippen LogP) is 3.47. The van der Waals surface area contributed by atoms with E-state index in [0.717, 1.165) is 32.6 Å². The second-order valence-corrected chi connectivity index (χ2v) is 9.42. The van der Waals surface area contributed by atoms with Gasteiger partial charge in [-0.2, -0.15) is 0 Å². The number of urea groups is 1. The zero-order valence-corrected chi connectivity index (χ0v) is 20.9. The van der Waals surface area contributed by atoms with Crippen LogP contribution in [-0.4, -0.2) is 58.5 Å². The summed E-state index contributed by atoms with van der Waals surface area (Å²) in [6.45, 7) is -0.594. The Morgan fingerprint density at radius 3 is 2.62 bits per heavy atom. The van der Waals surface area contributed by atoms with E-state index in [1.807, 2.05) is 48.5 Å². The molecule has 0 radical (unpaired) electrons. The highest BCUT2D eigenvalue weighted by molar-refractivity contribution is 6.24. The number of rotatable bonds is 6. The highest BCUT2D eigenvalue weighted by Crippen LogP contribution is 2.45. The number of aromatic amines is 1. The number of carbonyl (C=O) groups is 4. The van der Waals surface area contributed by atoms with Crippen LogP contribution in [-0.2, 0) is 16.0 Å². The molecule has 2 aliphatic heterocycles. The first-order chi connectivity index (χ1) is 18.9. The van der Waals surface area contributed by atoms with E-state index in [2.05, 4.69) is 10.3 Å². The lowest BCUT2D eigenvalue weighted by Gasteiger charge is -2.36. The molecular formula is C29H24N4O6. The van der Waals surface area contributed by atoms with Crippen molar-refractivity contribution >= 4 is 40.4 Å². The fraction of sp³-hybridized carbons (Fsp3) is 0.172. The van der Waals surface area contributed by atoms with Crippen LogP contribution in [0.5, 0.6) is 5.75 Å². The van der Waals surface area contributed by atoms with Gasteiger partial charge in [0, 0.05) is 23.0 Å². The second kappa shape index (κ2) is 9.32. The summed E-state index contributed by atoms with van der Waals surface area (Å²) in [7, 11) is 1.57. The summed E-state index contributed by atoms with van der Waals surface area (Å²) in [5.74, 6) is -1.75. The largest absolute Gasteiger partial charge is 0.497 e. The first-order valence-electron chi connectivity index (χ1n) is 12.4. The number of aliphatic carboxylic acids is 1. The molecule has 2 unspecified atom stereocenters. The third kappa shape index (κ3) is 3.88. The van der Waals surface area contributed by atoms with Gasteiger partial charge in [-0.25, -0.2) is 9.69 Å². The van der Waals surface area contributed by atoms with Crippen molar-refractivity contribution in [2.75, 3.05) is 18.6 Å². The van der Waals surface area contributed by atoms with E-state index in [9.17, 15) is 19.2 Å². The van der Waals surface area contributed by atoms with Gasteiger partial charge in [-0.05, 0) is 41.5 Å². The monoisotopic (exact) mass is 524 g/mol. The van der Waals surface area contributed by atoms with E-state index in [1.54, 1.807) is 24.1 Å². The van der Waals surface area contributed by atoms with E-state index in [0.29, 0.717) is 12.2 Å². The molecule has 1 fully saturated rings. The molecule has 0 saturated carbocycles. The molecule has 4 aromatic rings. The number of methoxy groups -OCH3 is 1. The summed E-state index contributed by atoms with van der Waals surface area (Å²) >= 11 is 0. The zero-order valence-electron chi connectivity index (χ0n) is 20.9. The van der Waals surface area contributed by atoms with E-state index in [-0.39, 0.29) is 11.3 Å². The molecule has 0 aliphatic carbocycles. The number of para-hydroxylation sites is 2. The highest BCUT2D eigenvalue weighted by Gasteiger charge is 2.53. The maximum Gasteiger partial charge on any atom is 0.332 e. The van der Waals surface area contributed by atoms with E-state index in [1.165, 1.54) is 12.1 Å². The van der Waals surface area contributed by atoms with Crippen LogP contribution in [0.1, 0.15) is 33.2 Å². The Bertz CT molecular complexity index is 1660. The Labute approximate surface area is 222 Å². The van der Waals surface area contributed by atoms with Gasteiger partial charge in [-0.15, -0.1) is 0 Å². The fourth-order valence-corrected chi connectivity index (χ4v) is 5.57. The summed E-state index contributed by atoms with van der Waals surface area (Å²) in [5, 5.41) is 12.3. The van der Waals surface area contributed by atoms with Crippen LogP contribution in [0.3, 0.4) is 0 Å². The Morgan fingerprint density at radius 2 is 1.82 bits per heavy atom. The number of anilines is 1. The molecule has 10 heteroatoms. The number of nitrogens with zero attached hydrogens (tertiary/aromatic N) is 2. The Kier molecular flexibility index (Phi) is 5.79. The van der Waals surface area contributed by atoms with E-state index >= 15 is 0 Å². The van der Waals surface area contributed by atoms with Crippen molar-refractivity contribution in [2.24, 2.45) is 0 Å². The molecular weight excluding hydrogens is 500 g/mol. The smallest absolute Gasteiger partial charge is 0.332 e. The summed E-state index contributed by atoms with van der Waals surface area (Å²) in [6, 6.07) is 19.4. The van der Waals surface area contributed by atoms with Crippen molar-refractivity contribution in [3.63, 3.8) is 0 Å². The van der Waals surface area contributed by atoms with Crippen molar-refractivity contribution in [1.29, 1.82) is 0 Å². The zero-order chi connectivity index (χ0) is 27.3. The number of amides is 4. The molecule has 1 saturated heterocycles. The minimum absolute atomic E-state index is 0.0298. The van der Waals surface area contributed by atoms with E-state index < -0.39 is 42.4 Å². The number of nitrogens with one attached hydrogen (secondary N) is 2. The number of carboxylic acid groups (broad SMARTS) is 1. The Hall–Kier alpha value is -5.12. The third-order valence-electron chi connectivity index (χ3n) is 7.25. The van der Waals surface area contributed by atoms with Gasteiger partial charge in [-0.1, -0.05) is 42.5 Å². The van der Waals surface area contributed by atoms with Gasteiger partial charge >= 0.3 is 12.0 Å². The summed E-state index contributed by atoms with van der Waals surface area (Å²) < 4.78 is 5.45. The van der Waals surface area contributed by atoms with Gasteiger partial charge < -0.3 is 20.1 Å². The Balaban J connectivity index is 1.48. The number of aromatic nitrogens is 1. The number of fused-ring (bicyclic) bond motifs is 4. The van der Waals surface area contributed by atoms with Gasteiger partial charge in [-0.3, -0.25) is 19.3 Å². The highest BCUT2D eigenvalue weighted by atomic mass is 16.5. The van der Waals surface area contributed by atoms with Crippen molar-refractivity contribution in [3.8, 4) is 5.75 Å². The van der Waals surface area contributed by atoms with Crippen molar-refractivity contribution in [3.05, 3.63) is 95.2 Å². The molecule has 0 bridgehead atoms. The molecule has 0 spiro atoms.